The number of hydrogen-bond acceptors (Lipinski definition) is 3. The quantitative estimate of drug-likeness (QED) is 0.653. The number of fused-ring (bicyclic) bond motifs is 3. The molecule has 0 aliphatic carbocycles. The van der Waals surface area contributed by atoms with E-state index >= 15 is 0 Å². The van der Waals surface area contributed by atoms with Crippen molar-refractivity contribution in [3.05, 3.63) is 24.2 Å². The summed E-state index contributed by atoms with van der Waals surface area (Å²) in [7, 11) is 0. The van der Waals surface area contributed by atoms with Crippen molar-refractivity contribution in [3.63, 3.8) is 0 Å². The maximum absolute atomic E-state index is 5.61. The van der Waals surface area contributed by atoms with Gasteiger partial charge in [0.2, 0.25) is 0 Å². The molecule has 4 unspecified atom stereocenters. The average Bonchev–Trinajstić information content (AvgIpc) is 3.04. The lowest BCUT2D eigenvalue weighted by Gasteiger charge is -2.48. The molecule has 0 saturated carbocycles. The topological polar surface area (TPSA) is 40.4 Å². The highest BCUT2D eigenvalue weighted by Gasteiger charge is 2.38. The van der Waals surface area contributed by atoms with Crippen LogP contribution in [0.25, 0.3) is 0 Å². The minimum absolute atomic E-state index is 0.444. The Kier molecular flexibility index (Phi) is 4.47. The number of furan rings is 1. The van der Waals surface area contributed by atoms with E-state index in [1.54, 1.807) is 6.26 Å². The molecule has 1 aromatic rings. The third-order valence-electron chi connectivity index (χ3n) is 4.59. The summed E-state index contributed by atoms with van der Waals surface area (Å²) < 4.78 is 5.27. The molecule has 112 valence electrons. The number of piperidine rings is 3. The fourth-order valence-corrected chi connectivity index (χ4v) is 3.55. The molecule has 3 saturated heterocycles. The summed E-state index contributed by atoms with van der Waals surface area (Å²) in [5, 5.41) is 7.17. The van der Waals surface area contributed by atoms with Crippen LogP contribution in [0.5, 0.6) is 0 Å². The molecule has 0 aromatic carbocycles. The SMILES string of the molecule is C#CC1CN2CCC1CC2CNC(=S)NCc1ccco1. The second-order valence-corrected chi connectivity index (χ2v) is 6.26. The van der Waals surface area contributed by atoms with E-state index in [-0.39, 0.29) is 0 Å². The van der Waals surface area contributed by atoms with Crippen molar-refractivity contribution < 1.29 is 4.42 Å². The van der Waals surface area contributed by atoms with Gasteiger partial charge in [0.25, 0.3) is 0 Å². The van der Waals surface area contributed by atoms with Gasteiger partial charge in [-0.2, -0.15) is 0 Å². The van der Waals surface area contributed by atoms with E-state index < -0.39 is 0 Å². The zero-order valence-electron chi connectivity index (χ0n) is 12.0. The largest absolute Gasteiger partial charge is 0.467 e. The maximum atomic E-state index is 5.61. The zero-order chi connectivity index (χ0) is 14.7. The molecule has 0 amide bonds. The highest BCUT2D eigenvalue weighted by molar-refractivity contribution is 7.80. The van der Waals surface area contributed by atoms with Gasteiger partial charge in [-0.15, -0.1) is 12.3 Å². The number of hydrogen-bond donors (Lipinski definition) is 2. The standard InChI is InChI=1S/C16H21N3OS/c1-2-12-11-19-6-5-13(12)8-14(19)9-17-16(21)18-10-15-4-3-7-20-15/h1,3-4,7,12-14H,5-6,8-11H2,(H2,17,18,21). The molecule has 3 fully saturated rings. The van der Waals surface area contributed by atoms with Gasteiger partial charge in [0, 0.05) is 25.0 Å². The minimum atomic E-state index is 0.444. The van der Waals surface area contributed by atoms with E-state index in [1.165, 1.54) is 19.4 Å². The Morgan fingerprint density at radius 2 is 2.43 bits per heavy atom. The molecule has 4 atom stereocenters. The van der Waals surface area contributed by atoms with Crippen LogP contribution in [-0.4, -0.2) is 35.7 Å². The first-order valence-electron chi connectivity index (χ1n) is 7.50. The second kappa shape index (κ2) is 6.50. The molecule has 3 aliphatic heterocycles. The lowest BCUT2D eigenvalue weighted by atomic mass is 9.76. The zero-order valence-corrected chi connectivity index (χ0v) is 12.9. The van der Waals surface area contributed by atoms with Crippen LogP contribution in [0.1, 0.15) is 18.6 Å². The van der Waals surface area contributed by atoms with Crippen molar-refractivity contribution in [1.29, 1.82) is 0 Å². The van der Waals surface area contributed by atoms with Crippen LogP contribution in [0.2, 0.25) is 0 Å². The fourth-order valence-electron chi connectivity index (χ4n) is 3.39. The van der Waals surface area contributed by atoms with Crippen LogP contribution in [0.3, 0.4) is 0 Å². The van der Waals surface area contributed by atoms with Gasteiger partial charge in [-0.05, 0) is 49.7 Å². The Balaban J connectivity index is 1.41. The van der Waals surface area contributed by atoms with Gasteiger partial charge in [0.1, 0.15) is 5.76 Å². The van der Waals surface area contributed by atoms with Crippen LogP contribution in [-0.2, 0) is 6.54 Å². The third-order valence-corrected chi connectivity index (χ3v) is 4.88. The van der Waals surface area contributed by atoms with Crippen LogP contribution in [0, 0.1) is 24.2 Å². The first-order chi connectivity index (χ1) is 10.3. The molecule has 4 nitrogen and oxygen atoms in total. The van der Waals surface area contributed by atoms with Crippen molar-refractivity contribution in [2.75, 3.05) is 19.6 Å². The lowest BCUT2D eigenvalue weighted by molar-refractivity contribution is 0.0248. The Labute approximate surface area is 131 Å². The minimum Gasteiger partial charge on any atom is -0.467 e. The van der Waals surface area contributed by atoms with Gasteiger partial charge in [-0.1, -0.05) is 0 Å². The fraction of sp³-hybridized carbons (Fsp3) is 0.562. The molecular weight excluding hydrogens is 282 g/mol. The van der Waals surface area contributed by atoms with Gasteiger partial charge >= 0.3 is 0 Å². The van der Waals surface area contributed by atoms with Gasteiger partial charge in [-0.25, -0.2) is 0 Å². The Hall–Kier alpha value is -1.51. The summed E-state index contributed by atoms with van der Waals surface area (Å²) in [6.45, 7) is 3.72. The summed E-state index contributed by atoms with van der Waals surface area (Å²) in [5.74, 6) is 4.97. The van der Waals surface area contributed by atoms with Crippen LogP contribution >= 0.6 is 12.2 Å². The van der Waals surface area contributed by atoms with Crippen molar-refractivity contribution in [1.82, 2.24) is 15.5 Å². The van der Waals surface area contributed by atoms with E-state index in [0.717, 1.165) is 18.8 Å². The molecule has 5 heteroatoms. The first kappa shape index (κ1) is 14.4. The van der Waals surface area contributed by atoms with E-state index in [2.05, 4.69) is 21.5 Å². The van der Waals surface area contributed by atoms with Crippen molar-refractivity contribution in [2.45, 2.75) is 25.4 Å². The van der Waals surface area contributed by atoms with Gasteiger partial charge < -0.3 is 15.1 Å². The monoisotopic (exact) mass is 303 g/mol. The number of terminal acetylenes is 1. The summed E-state index contributed by atoms with van der Waals surface area (Å²) in [6.07, 6.45) is 9.71. The normalized spacial score (nSPS) is 30.6. The predicted molar refractivity (Wildman–Crippen MR) is 86.6 cm³/mol. The smallest absolute Gasteiger partial charge is 0.166 e. The molecule has 2 N–H and O–H groups in total. The molecule has 0 radical (unpaired) electrons. The number of rotatable bonds is 4. The molecule has 4 rings (SSSR count). The Morgan fingerprint density at radius 3 is 3.10 bits per heavy atom. The maximum Gasteiger partial charge on any atom is 0.166 e. The number of nitrogens with zero attached hydrogens (tertiary/aromatic N) is 1. The van der Waals surface area contributed by atoms with Gasteiger partial charge in [0.15, 0.2) is 5.11 Å². The molecule has 0 spiro atoms. The molecule has 1 aromatic heterocycles. The first-order valence-corrected chi connectivity index (χ1v) is 7.91. The second-order valence-electron chi connectivity index (χ2n) is 5.85. The third kappa shape index (κ3) is 3.39. The predicted octanol–water partition coefficient (Wildman–Crippen LogP) is 1.59. The van der Waals surface area contributed by atoms with Crippen LogP contribution in [0.4, 0.5) is 0 Å². The molecular formula is C16H21N3OS. The highest BCUT2D eigenvalue weighted by atomic mass is 32.1. The van der Waals surface area contributed by atoms with Gasteiger partial charge in [-0.3, -0.25) is 4.90 Å². The molecule has 3 aliphatic rings. The Bertz CT molecular complexity index is 522. The van der Waals surface area contributed by atoms with Crippen molar-refractivity contribution in [2.24, 2.45) is 11.8 Å². The van der Waals surface area contributed by atoms with E-state index in [1.807, 2.05) is 12.1 Å². The number of nitrogens with one attached hydrogen (secondary N) is 2. The molecule has 2 bridgehead atoms. The summed E-state index contributed by atoms with van der Waals surface area (Å²) in [6, 6.07) is 4.36. The van der Waals surface area contributed by atoms with E-state index in [9.17, 15) is 0 Å². The highest BCUT2D eigenvalue weighted by Crippen LogP contribution is 2.35. The number of thiocarbonyl (C=S) groups is 1. The summed E-state index contributed by atoms with van der Waals surface area (Å²) in [4.78, 5) is 2.51. The van der Waals surface area contributed by atoms with Crippen LogP contribution in [0.15, 0.2) is 22.8 Å². The van der Waals surface area contributed by atoms with Gasteiger partial charge in [0.05, 0.1) is 12.8 Å². The van der Waals surface area contributed by atoms with Crippen molar-refractivity contribution >= 4 is 17.3 Å². The average molecular weight is 303 g/mol. The Morgan fingerprint density at radius 1 is 1.52 bits per heavy atom. The summed E-state index contributed by atoms with van der Waals surface area (Å²) >= 11 is 5.31. The van der Waals surface area contributed by atoms with E-state index in [4.69, 9.17) is 23.1 Å². The summed E-state index contributed by atoms with van der Waals surface area (Å²) in [5.41, 5.74) is 0. The van der Waals surface area contributed by atoms with Crippen LogP contribution < -0.4 is 10.6 Å². The lowest BCUT2D eigenvalue weighted by Crippen LogP contribution is -2.57. The van der Waals surface area contributed by atoms with E-state index in [0.29, 0.717) is 29.5 Å². The molecule has 21 heavy (non-hydrogen) atoms. The van der Waals surface area contributed by atoms with Crippen molar-refractivity contribution in [3.8, 4) is 12.3 Å². The molecule has 4 heterocycles.